The van der Waals surface area contributed by atoms with Gasteiger partial charge in [-0.1, -0.05) is 0 Å². The summed E-state index contributed by atoms with van der Waals surface area (Å²) in [6.45, 7) is 1.02. The zero-order valence-electron chi connectivity index (χ0n) is 10.9. The number of piperidine rings is 2. The van der Waals surface area contributed by atoms with Crippen molar-refractivity contribution in [1.29, 1.82) is 0 Å². The third-order valence-electron chi connectivity index (χ3n) is 3.94. The first kappa shape index (κ1) is 13.8. The number of nitrogens with zero attached hydrogens (tertiary/aromatic N) is 1. The molecule has 2 unspecified atom stereocenters. The highest BCUT2D eigenvalue weighted by molar-refractivity contribution is 5.84. The first-order valence-electron chi connectivity index (χ1n) is 6.87. The standard InChI is InChI=1S/C13H20N2O4/c16-11-5-4-9(8-14-11)13(19)15-6-2-1-3-10(15)7-12(17)18/h9-10H,1-8H2,(H,14,16)(H,17,18). The summed E-state index contributed by atoms with van der Waals surface area (Å²) in [5.41, 5.74) is 0. The van der Waals surface area contributed by atoms with Gasteiger partial charge in [-0.3, -0.25) is 14.4 Å². The Balaban J connectivity index is 1.98. The summed E-state index contributed by atoms with van der Waals surface area (Å²) >= 11 is 0. The lowest BCUT2D eigenvalue weighted by molar-refractivity contribution is -0.144. The lowest BCUT2D eigenvalue weighted by atomic mass is 9.93. The summed E-state index contributed by atoms with van der Waals surface area (Å²) < 4.78 is 0. The fourth-order valence-corrected chi connectivity index (χ4v) is 2.88. The number of aliphatic carboxylic acids is 1. The molecule has 0 spiro atoms. The highest BCUT2D eigenvalue weighted by atomic mass is 16.4. The molecule has 0 aliphatic carbocycles. The fourth-order valence-electron chi connectivity index (χ4n) is 2.88. The maximum atomic E-state index is 12.4. The van der Waals surface area contributed by atoms with Gasteiger partial charge in [0.05, 0.1) is 12.3 Å². The van der Waals surface area contributed by atoms with Crippen LogP contribution >= 0.6 is 0 Å². The number of rotatable bonds is 3. The third kappa shape index (κ3) is 3.45. The Morgan fingerprint density at radius 1 is 1.32 bits per heavy atom. The molecule has 2 N–H and O–H groups in total. The number of carboxylic acid groups (broad SMARTS) is 1. The van der Waals surface area contributed by atoms with E-state index in [1.165, 1.54) is 0 Å². The van der Waals surface area contributed by atoms with Crippen LogP contribution in [0.2, 0.25) is 0 Å². The van der Waals surface area contributed by atoms with Crippen molar-refractivity contribution in [2.45, 2.75) is 44.6 Å². The summed E-state index contributed by atoms with van der Waals surface area (Å²) in [6, 6.07) is -0.184. The number of carbonyl (C=O) groups excluding carboxylic acids is 2. The predicted molar refractivity (Wildman–Crippen MR) is 67.3 cm³/mol. The molecule has 2 saturated heterocycles. The summed E-state index contributed by atoms with van der Waals surface area (Å²) in [7, 11) is 0. The molecule has 2 amide bonds. The van der Waals surface area contributed by atoms with E-state index in [-0.39, 0.29) is 30.2 Å². The Hall–Kier alpha value is -1.59. The Morgan fingerprint density at radius 3 is 2.74 bits per heavy atom. The molecule has 0 aromatic heterocycles. The highest BCUT2D eigenvalue weighted by Crippen LogP contribution is 2.24. The van der Waals surface area contributed by atoms with Crippen LogP contribution in [0.25, 0.3) is 0 Å². The molecule has 0 saturated carbocycles. The van der Waals surface area contributed by atoms with Crippen molar-refractivity contribution in [3.63, 3.8) is 0 Å². The van der Waals surface area contributed by atoms with Crippen LogP contribution in [0.1, 0.15) is 38.5 Å². The number of amides is 2. The first-order chi connectivity index (χ1) is 9.08. The lowest BCUT2D eigenvalue weighted by Gasteiger charge is -2.38. The van der Waals surface area contributed by atoms with Gasteiger partial charge < -0.3 is 15.3 Å². The Kier molecular flexibility index (Phi) is 4.39. The number of carboxylic acids is 1. The van der Waals surface area contributed by atoms with Crippen LogP contribution in [0.5, 0.6) is 0 Å². The molecule has 2 fully saturated rings. The zero-order valence-corrected chi connectivity index (χ0v) is 10.9. The minimum absolute atomic E-state index is 0.00551. The molecule has 2 rings (SSSR count). The average Bonchev–Trinajstić information content (AvgIpc) is 2.39. The maximum absolute atomic E-state index is 12.4. The molecule has 19 heavy (non-hydrogen) atoms. The zero-order chi connectivity index (χ0) is 13.8. The van der Waals surface area contributed by atoms with Gasteiger partial charge in [-0.15, -0.1) is 0 Å². The van der Waals surface area contributed by atoms with E-state index in [2.05, 4.69) is 5.32 Å². The van der Waals surface area contributed by atoms with Crippen molar-refractivity contribution >= 4 is 17.8 Å². The molecular formula is C13H20N2O4. The molecule has 6 heteroatoms. The van der Waals surface area contributed by atoms with E-state index in [0.29, 0.717) is 25.9 Å². The summed E-state index contributed by atoms with van der Waals surface area (Å²) in [5.74, 6) is -1.05. The second-order valence-corrected chi connectivity index (χ2v) is 5.32. The van der Waals surface area contributed by atoms with Crippen LogP contribution in [0.15, 0.2) is 0 Å². The van der Waals surface area contributed by atoms with Crippen molar-refractivity contribution in [1.82, 2.24) is 10.2 Å². The molecule has 106 valence electrons. The van der Waals surface area contributed by atoms with E-state index in [1.54, 1.807) is 4.90 Å². The third-order valence-corrected chi connectivity index (χ3v) is 3.94. The number of hydrogen-bond donors (Lipinski definition) is 2. The van der Waals surface area contributed by atoms with Crippen LogP contribution in [0.4, 0.5) is 0 Å². The van der Waals surface area contributed by atoms with E-state index in [9.17, 15) is 14.4 Å². The number of hydrogen-bond acceptors (Lipinski definition) is 3. The normalized spacial score (nSPS) is 27.8. The smallest absolute Gasteiger partial charge is 0.305 e. The van der Waals surface area contributed by atoms with Crippen molar-refractivity contribution in [2.75, 3.05) is 13.1 Å². The van der Waals surface area contributed by atoms with Crippen LogP contribution in [-0.2, 0) is 14.4 Å². The Morgan fingerprint density at radius 2 is 2.11 bits per heavy atom. The van der Waals surface area contributed by atoms with E-state index in [4.69, 9.17) is 5.11 Å². The van der Waals surface area contributed by atoms with Crippen molar-refractivity contribution in [3.8, 4) is 0 Å². The number of nitrogens with one attached hydrogen (secondary N) is 1. The van der Waals surface area contributed by atoms with Crippen molar-refractivity contribution < 1.29 is 19.5 Å². The van der Waals surface area contributed by atoms with Gasteiger partial charge in [0.1, 0.15) is 0 Å². The molecule has 2 aliphatic rings. The van der Waals surface area contributed by atoms with Gasteiger partial charge in [0.25, 0.3) is 0 Å². The highest BCUT2D eigenvalue weighted by Gasteiger charge is 2.34. The van der Waals surface area contributed by atoms with E-state index in [0.717, 1.165) is 19.3 Å². The maximum Gasteiger partial charge on any atom is 0.305 e. The van der Waals surface area contributed by atoms with Gasteiger partial charge >= 0.3 is 5.97 Å². The molecular weight excluding hydrogens is 248 g/mol. The van der Waals surface area contributed by atoms with Gasteiger partial charge in [0.15, 0.2) is 0 Å². The van der Waals surface area contributed by atoms with Crippen molar-refractivity contribution in [3.05, 3.63) is 0 Å². The van der Waals surface area contributed by atoms with E-state index >= 15 is 0 Å². The second kappa shape index (κ2) is 6.04. The quantitative estimate of drug-likeness (QED) is 0.774. The summed E-state index contributed by atoms with van der Waals surface area (Å²) in [5, 5.41) is 11.6. The topological polar surface area (TPSA) is 86.7 Å². The minimum atomic E-state index is -0.860. The molecule has 0 aromatic carbocycles. The van der Waals surface area contributed by atoms with Gasteiger partial charge in [0, 0.05) is 25.6 Å². The van der Waals surface area contributed by atoms with Crippen LogP contribution in [0.3, 0.4) is 0 Å². The second-order valence-electron chi connectivity index (χ2n) is 5.32. The SMILES string of the molecule is O=C(O)CC1CCCCN1C(=O)C1CCC(=O)NC1. The predicted octanol–water partition coefficient (Wildman–Crippen LogP) is 0.368. The van der Waals surface area contributed by atoms with Gasteiger partial charge in [-0.2, -0.15) is 0 Å². The average molecular weight is 268 g/mol. The molecule has 2 heterocycles. The lowest BCUT2D eigenvalue weighted by Crippen LogP contribution is -2.50. The van der Waals surface area contributed by atoms with Gasteiger partial charge in [-0.05, 0) is 25.7 Å². The Bertz CT molecular complexity index is 373. The largest absolute Gasteiger partial charge is 0.481 e. The molecule has 0 bridgehead atoms. The molecule has 0 aromatic rings. The van der Waals surface area contributed by atoms with Crippen molar-refractivity contribution in [2.24, 2.45) is 5.92 Å². The number of likely N-dealkylation sites (tertiary alicyclic amines) is 1. The van der Waals surface area contributed by atoms with E-state index in [1.807, 2.05) is 0 Å². The summed E-state index contributed by atoms with van der Waals surface area (Å²) in [6.07, 6.45) is 3.64. The van der Waals surface area contributed by atoms with Crippen LogP contribution in [0, 0.1) is 5.92 Å². The molecule has 0 radical (unpaired) electrons. The fraction of sp³-hybridized carbons (Fsp3) is 0.769. The van der Waals surface area contributed by atoms with Crippen LogP contribution in [-0.4, -0.2) is 46.9 Å². The minimum Gasteiger partial charge on any atom is -0.481 e. The molecule has 2 atom stereocenters. The first-order valence-corrected chi connectivity index (χ1v) is 6.87. The molecule has 6 nitrogen and oxygen atoms in total. The summed E-state index contributed by atoms with van der Waals surface area (Å²) in [4.78, 5) is 36.1. The van der Waals surface area contributed by atoms with Crippen LogP contribution < -0.4 is 5.32 Å². The molecule has 2 aliphatic heterocycles. The van der Waals surface area contributed by atoms with Gasteiger partial charge in [0.2, 0.25) is 11.8 Å². The Labute approximate surface area is 112 Å². The van der Waals surface area contributed by atoms with E-state index < -0.39 is 5.97 Å². The number of carbonyl (C=O) groups is 3. The monoisotopic (exact) mass is 268 g/mol. The van der Waals surface area contributed by atoms with Gasteiger partial charge in [-0.25, -0.2) is 0 Å².